The molecule has 1 aromatic heterocycles. The van der Waals surface area contributed by atoms with Crippen molar-refractivity contribution in [1.29, 1.82) is 0 Å². The van der Waals surface area contributed by atoms with Gasteiger partial charge in [0, 0.05) is 25.8 Å². The van der Waals surface area contributed by atoms with Gasteiger partial charge in [0.15, 0.2) is 0 Å². The molecule has 19 heavy (non-hydrogen) atoms. The van der Waals surface area contributed by atoms with E-state index in [9.17, 15) is 8.42 Å². The lowest BCUT2D eigenvalue weighted by Gasteiger charge is -2.34. The topological polar surface area (TPSA) is 62.3 Å². The molecule has 0 aromatic carbocycles. The van der Waals surface area contributed by atoms with Gasteiger partial charge in [-0.2, -0.15) is 0 Å². The lowest BCUT2D eigenvalue weighted by atomic mass is 9.98. The van der Waals surface area contributed by atoms with Crippen molar-refractivity contribution in [2.75, 3.05) is 30.8 Å². The van der Waals surface area contributed by atoms with Crippen LogP contribution in [0.15, 0.2) is 22.8 Å². The fourth-order valence-electron chi connectivity index (χ4n) is 2.30. The standard InChI is InChI=1S/C12H18BrN3O2S/c1-19(17,18)15-8-10-4-3-7-16(9-10)12-11(13)5-2-6-14-12/h2,5-6,10,15H,3-4,7-9H2,1H3/t10-/m0/s1. The van der Waals surface area contributed by atoms with E-state index in [1.54, 1.807) is 6.20 Å². The zero-order valence-corrected chi connectivity index (χ0v) is 13.2. The first-order valence-electron chi connectivity index (χ1n) is 6.26. The van der Waals surface area contributed by atoms with Gasteiger partial charge in [0.1, 0.15) is 5.82 Å². The van der Waals surface area contributed by atoms with Gasteiger partial charge in [-0.15, -0.1) is 0 Å². The maximum Gasteiger partial charge on any atom is 0.208 e. The van der Waals surface area contributed by atoms with E-state index in [2.05, 4.69) is 30.5 Å². The van der Waals surface area contributed by atoms with Crippen LogP contribution in [-0.4, -0.2) is 39.3 Å². The van der Waals surface area contributed by atoms with Gasteiger partial charge in [0.25, 0.3) is 0 Å². The molecule has 0 unspecified atom stereocenters. The number of nitrogens with one attached hydrogen (secondary N) is 1. The minimum Gasteiger partial charge on any atom is -0.355 e. The largest absolute Gasteiger partial charge is 0.355 e. The Morgan fingerprint density at radius 1 is 1.58 bits per heavy atom. The molecule has 1 atom stereocenters. The molecule has 0 bridgehead atoms. The van der Waals surface area contributed by atoms with Crippen molar-refractivity contribution in [2.45, 2.75) is 12.8 Å². The first-order valence-corrected chi connectivity index (χ1v) is 8.94. The summed E-state index contributed by atoms with van der Waals surface area (Å²) in [6.07, 6.45) is 5.07. The van der Waals surface area contributed by atoms with Crippen LogP contribution in [0.3, 0.4) is 0 Å². The molecule has 7 heteroatoms. The van der Waals surface area contributed by atoms with Crippen LogP contribution in [0.4, 0.5) is 5.82 Å². The summed E-state index contributed by atoms with van der Waals surface area (Å²) in [6.45, 7) is 2.29. The predicted octanol–water partition coefficient (Wildman–Crippen LogP) is 1.61. The number of aromatic nitrogens is 1. The molecular weight excluding hydrogens is 330 g/mol. The molecule has 1 aliphatic rings. The zero-order valence-electron chi connectivity index (χ0n) is 10.8. The number of hydrogen-bond acceptors (Lipinski definition) is 4. The first kappa shape index (κ1) is 14.7. The van der Waals surface area contributed by atoms with Crippen LogP contribution in [0, 0.1) is 5.92 Å². The number of halogens is 1. The highest BCUT2D eigenvalue weighted by atomic mass is 79.9. The average Bonchev–Trinajstić information content (AvgIpc) is 2.36. The van der Waals surface area contributed by atoms with Crippen LogP contribution in [0.25, 0.3) is 0 Å². The number of pyridine rings is 1. The van der Waals surface area contributed by atoms with Gasteiger partial charge in [-0.25, -0.2) is 18.1 Å². The Hall–Kier alpha value is -0.660. The van der Waals surface area contributed by atoms with Crippen molar-refractivity contribution in [1.82, 2.24) is 9.71 Å². The van der Waals surface area contributed by atoms with Crippen molar-refractivity contribution in [3.63, 3.8) is 0 Å². The molecule has 0 spiro atoms. The quantitative estimate of drug-likeness (QED) is 0.898. The predicted molar refractivity (Wildman–Crippen MR) is 79.7 cm³/mol. The van der Waals surface area contributed by atoms with Gasteiger partial charge in [-0.3, -0.25) is 0 Å². The number of nitrogens with zero attached hydrogens (tertiary/aromatic N) is 2. The average molecular weight is 348 g/mol. The van der Waals surface area contributed by atoms with Crippen LogP contribution in [-0.2, 0) is 10.0 Å². The second kappa shape index (κ2) is 6.19. The van der Waals surface area contributed by atoms with E-state index in [1.807, 2.05) is 12.1 Å². The van der Waals surface area contributed by atoms with E-state index < -0.39 is 10.0 Å². The summed E-state index contributed by atoms with van der Waals surface area (Å²) in [6, 6.07) is 3.86. The SMILES string of the molecule is CS(=O)(=O)NC[C@@H]1CCCN(c2ncccc2Br)C1. The van der Waals surface area contributed by atoms with Gasteiger partial charge >= 0.3 is 0 Å². The minimum absolute atomic E-state index is 0.331. The Balaban J connectivity index is 1.99. The van der Waals surface area contributed by atoms with E-state index in [0.717, 1.165) is 36.2 Å². The normalized spacial score (nSPS) is 20.5. The second-order valence-corrected chi connectivity index (χ2v) is 7.57. The minimum atomic E-state index is -3.11. The van der Waals surface area contributed by atoms with Crippen molar-refractivity contribution in [3.8, 4) is 0 Å². The third kappa shape index (κ3) is 4.43. The maximum atomic E-state index is 11.1. The van der Waals surface area contributed by atoms with Gasteiger partial charge in [0.2, 0.25) is 10.0 Å². The molecule has 0 radical (unpaired) electrons. The van der Waals surface area contributed by atoms with Crippen molar-refractivity contribution >= 4 is 31.8 Å². The van der Waals surface area contributed by atoms with Crippen LogP contribution in [0.5, 0.6) is 0 Å². The Morgan fingerprint density at radius 3 is 3.05 bits per heavy atom. The highest BCUT2D eigenvalue weighted by molar-refractivity contribution is 9.10. The Labute approximate surface area is 122 Å². The Morgan fingerprint density at radius 2 is 2.37 bits per heavy atom. The highest BCUT2D eigenvalue weighted by Gasteiger charge is 2.22. The zero-order chi connectivity index (χ0) is 13.9. The summed E-state index contributed by atoms with van der Waals surface area (Å²) in [5.74, 6) is 1.27. The van der Waals surface area contributed by atoms with E-state index >= 15 is 0 Å². The van der Waals surface area contributed by atoms with Crippen molar-refractivity contribution in [2.24, 2.45) is 5.92 Å². The third-order valence-corrected chi connectivity index (χ3v) is 4.50. The monoisotopic (exact) mass is 347 g/mol. The number of sulfonamides is 1. The smallest absolute Gasteiger partial charge is 0.208 e. The van der Waals surface area contributed by atoms with E-state index in [-0.39, 0.29) is 0 Å². The fraction of sp³-hybridized carbons (Fsp3) is 0.583. The molecule has 1 saturated heterocycles. The third-order valence-electron chi connectivity index (χ3n) is 3.19. The van der Waals surface area contributed by atoms with Crippen LogP contribution in [0.2, 0.25) is 0 Å². The summed E-state index contributed by atoms with van der Waals surface area (Å²) >= 11 is 3.51. The van der Waals surface area contributed by atoms with E-state index in [0.29, 0.717) is 12.5 Å². The van der Waals surface area contributed by atoms with Gasteiger partial charge in [0.05, 0.1) is 10.7 Å². The molecule has 2 heterocycles. The highest BCUT2D eigenvalue weighted by Crippen LogP contribution is 2.27. The first-order chi connectivity index (χ1) is 8.96. The molecule has 0 amide bonds. The molecule has 1 aliphatic heterocycles. The summed E-state index contributed by atoms with van der Waals surface area (Å²) < 4.78 is 25.8. The van der Waals surface area contributed by atoms with E-state index in [1.165, 1.54) is 6.26 Å². The molecule has 1 N–H and O–H groups in total. The van der Waals surface area contributed by atoms with Crippen molar-refractivity contribution < 1.29 is 8.42 Å². The van der Waals surface area contributed by atoms with Crippen LogP contribution >= 0.6 is 15.9 Å². The number of hydrogen-bond donors (Lipinski definition) is 1. The Kier molecular flexibility index (Phi) is 4.81. The lowest BCUT2D eigenvalue weighted by Crippen LogP contribution is -2.41. The molecule has 0 aliphatic carbocycles. The number of anilines is 1. The maximum absolute atomic E-state index is 11.1. The fourth-order valence-corrected chi connectivity index (χ4v) is 3.35. The molecule has 1 fully saturated rings. The number of piperidine rings is 1. The summed E-state index contributed by atoms with van der Waals surface area (Å²) in [5, 5.41) is 0. The van der Waals surface area contributed by atoms with Crippen LogP contribution in [0.1, 0.15) is 12.8 Å². The molecule has 5 nitrogen and oxygen atoms in total. The summed E-state index contributed by atoms with van der Waals surface area (Å²) in [4.78, 5) is 6.60. The van der Waals surface area contributed by atoms with E-state index in [4.69, 9.17) is 0 Å². The van der Waals surface area contributed by atoms with Crippen LogP contribution < -0.4 is 9.62 Å². The lowest BCUT2D eigenvalue weighted by molar-refractivity contribution is 0.409. The molecule has 0 saturated carbocycles. The molecule has 2 rings (SSSR count). The van der Waals surface area contributed by atoms with Crippen molar-refractivity contribution in [3.05, 3.63) is 22.8 Å². The number of rotatable bonds is 4. The molecule has 1 aromatic rings. The molecular formula is C12H18BrN3O2S. The second-order valence-electron chi connectivity index (χ2n) is 4.88. The van der Waals surface area contributed by atoms with Gasteiger partial charge < -0.3 is 4.90 Å². The summed E-state index contributed by atoms with van der Waals surface area (Å²) in [7, 11) is -3.11. The van der Waals surface area contributed by atoms with Gasteiger partial charge in [-0.05, 0) is 46.8 Å². The van der Waals surface area contributed by atoms with Gasteiger partial charge in [-0.1, -0.05) is 0 Å². The molecule has 106 valence electrons. The summed E-state index contributed by atoms with van der Waals surface area (Å²) in [5.41, 5.74) is 0. The Bertz CT molecular complexity index is 536.